The molecular weight excluding hydrogens is 262 g/mol. The predicted octanol–water partition coefficient (Wildman–Crippen LogP) is 2.82. The molecule has 1 aliphatic carbocycles. The summed E-state index contributed by atoms with van der Waals surface area (Å²) in [4.78, 5) is 22.3. The van der Waals surface area contributed by atoms with Crippen molar-refractivity contribution in [3.8, 4) is 0 Å². The third-order valence-corrected chi connectivity index (χ3v) is 4.77. The average Bonchev–Trinajstić information content (AvgIpc) is 2.48. The topological polar surface area (TPSA) is 49.0 Å². The van der Waals surface area contributed by atoms with E-state index in [0.29, 0.717) is 17.3 Å². The fourth-order valence-electron chi connectivity index (χ4n) is 3.38. The van der Waals surface area contributed by atoms with E-state index in [0.717, 1.165) is 29.7 Å². The third-order valence-electron chi connectivity index (χ3n) is 4.77. The molecule has 0 saturated heterocycles. The van der Waals surface area contributed by atoms with Gasteiger partial charge in [-0.05, 0) is 58.3 Å². The van der Waals surface area contributed by atoms with Crippen molar-refractivity contribution in [2.45, 2.75) is 44.6 Å². The zero-order chi connectivity index (χ0) is 15.0. The predicted molar refractivity (Wildman–Crippen MR) is 85.8 cm³/mol. The van der Waals surface area contributed by atoms with Crippen LogP contribution in [-0.4, -0.2) is 35.0 Å². The van der Waals surface area contributed by atoms with Crippen molar-refractivity contribution < 1.29 is 0 Å². The summed E-state index contributed by atoms with van der Waals surface area (Å²) in [7, 11) is 4.29. The Hall–Kier alpha value is -1.68. The van der Waals surface area contributed by atoms with Gasteiger partial charge in [0.15, 0.2) is 0 Å². The van der Waals surface area contributed by atoms with Crippen LogP contribution in [0.4, 0.5) is 0 Å². The van der Waals surface area contributed by atoms with E-state index in [4.69, 9.17) is 4.98 Å². The maximum atomic E-state index is 12.3. The zero-order valence-corrected chi connectivity index (χ0v) is 13.0. The van der Waals surface area contributed by atoms with Gasteiger partial charge in [-0.25, -0.2) is 4.98 Å². The molecule has 1 heterocycles. The molecule has 3 rings (SSSR count). The van der Waals surface area contributed by atoms with Gasteiger partial charge in [-0.3, -0.25) is 4.79 Å². The fraction of sp³-hybridized carbons (Fsp3) is 0.529. The van der Waals surface area contributed by atoms with Gasteiger partial charge in [-0.1, -0.05) is 12.1 Å². The van der Waals surface area contributed by atoms with Crippen molar-refractivity contribution in [1.29, 1.82) is 0 Å². The molecule has 0 atom stereocenters. The number of fused-ring (bicyclic) bond motifs is 1. The van der Waals surface area contributed by atoms with E-state index in [-0.39, 0.29) is 5.56 Å². The summed E-state index contributed by atoms with van der Waals surface area (Å²) in [5.74, 6) is 1.26. The van der Waals surface area contributed by atoms with Crippen molar-refractivity contribution in [3.05, 3.63) is 39.9 Å². The molecule has 1 aromatic carbocycles. The average molecular weight is 285 g/mol. The molecule has 0 radical (unpaired) electrons. The highest BCUT2D eigenvalue weighted by atomic mass is 16.1. The van der Waals surface area contributed by atoms with Crippen molar-refractivity contribution in [2.75, 3.05) is 14.1 Å². The highest BCUT2D eigenvalue weighted by Gasteiger charge is 2.25. The SMILES string of the molecule is Cc1cccc2c(=O)[nH]c(C3CCC(N(C)C)CC3)nc12. The van der Waals surface area contributed by atoms with Crippen molar-refractivity contribution >= 4 is 10.9 Å². The van der Waals surface area contributed by atoms with E-state index in [9.17, 15) is 4.79 Å². The Morgan fingerprint density at radius 1 is 1.19 bits per heavy atom. The van der Waals surface area contributed by atoms with Crippen LogP contribution < -0.4 is 5.56 Å². The Kier molecular flexibility index (Phi) is 3.81. The number of hydrogen-bond acceptors (Lipinski definition) is 3. The maximum absolute atomic E-state index is 12.3. The number of aromatic amines is 1. The van der Waals surface area contributed by atoms with Crippen LogP contribution in [0.1, 0.15) is 43.0 Å². The number of nitrogens with one attached hydrogen (secondary N) is 1. The molecule has 0 spiro atoms. The summed E-state index contributed by atoms with van der Waals surface area (Å²) in [6.45, 7) is 2.02. The lowest BCUT2D eigenvalue weighted by Crippen LogP contribution is -2.32. The number of H-pyrrole nitrogens is 1. The first-order chi connectivity index (χ1) is 10.1. The standard InChI is InChI=1S/C17H23N3O/c1-11-5-4-6-14-15(11)18-16(19-17(14)21)12-7-9-13(10-8-12)20(2)3/h4-6,12-13H,7-10H2,1-3H3,(H,18,19,21). The van der Waals surface area contributed by atoms with Gasteiger partial charge >= 0.3 is 0 Å². The van der Waals surface area contributed by atoms with Crippen LogP contribution in [-0.2, 0) is 0 Å². The first-order valence-electron chi connectivity index (χ1n) is 7.72. The number of rotatable bonds is 2. The van der Waals surface area contributed by atoms with Gasteiger partial charge in [0, 0.05) is 12.0 Å². The minimum absolute atomic E-state index is 0.00608. The van der Waals surface area contributed by atoms with Crippen LogP contribution in [0.5, 0.6) is 0 Å². The second kappa shape index (κ2) is 5.60. The van der Waals surface area contributed by atoms with Crippen molar-refractivity contribution in [1.82, 2.24) is 14.9 Å². The van der Waals surface area contributed by atoms with E-state index in [1.54, 1.807) is 0 Å². The molecule has 112 valence electrons. The molecule has 1 fully saturated rings. The largest absolute Gasteiger partial charge is 0.310 e. The zero-order valence-electron chi connectivity index (χ0n) is 13.0. The Bertz CT molecular complexity index is 697. The molecule has 2 aromatic rings. The number of aromatic nitrogens is 2. The Morgan fingerprint density at radius 2 is 1.90 bits per heavy atom. The highest BCUT2D eigenvalue weighted by Crippen LogP contribution is 2.32. The first-order valence-corrected chi connectivity index (χ1v) is 7.72. The lowest BCUT2D eigenvalue weighted by atomic mass is 9.85. The quantitative estimate of drug-likeness (QED) is 0.923. The molecule has 1 aromatic heterocycles. The highest BCUT2D eigenvalue weighted by molar-refractivity contribution is 5.80. The molecule has 4 nitrogen and oxygen atoms in total. The summed E-state index contributed by atoms with van der Waals surface area (Å²) in [5, 5.41) is 0.695. The minimum atomic E-state index is -0.00608. The number of benzene rings is 1. The second-order valence-electron chi connectivity index (χ2n) is 6.39. The van der Waals surface area contributed by atoms with Crippen LogP contribution in [0.15, 0.2) is 23.0 Å². The van der Waals surface area contributed by atoms with E-state index in [1.807, 2.05) is 25.1 Å². The van der Waals surface area contributed by atoms with Crippen molar-refractivity contribution in [3.63, 3.8) is 0 Å². The van der Waals surface area contributed by atoms with Gasteiger partial charge in [-0.15, -0.1) is 0 Å². The van der Waals surface area contributed by atoms with Crippen LogP contribution in [0.3, 0.4) is 0 Å². The van der Waals surface area contributed by atoms with Gasteiger partial charge in [0.1, 0.15) is 5.82 Å². The molecule has 0 aliphatic heterocycles. The van der Waals surface area contributed by atoms with Gasteiger partial charge < -0.3 is 9.88 Å². The molecular formula is C17H23N3O. The number of para-hydroxylation sites is 1. The Morgan fingerprint density at radius 3 is 2.57 bits per heavy atom. The molecule has 1 saturated carbocycles. The van der Waals surface area contributed by atoms with Crippen LogP contribution in [0, 0.1) is 6.92 Å². The Labute approximate surface area is 125 Å². The van der Waals surface area contributed by atoms with Gasteiger partial charge in [0.05, 0.1) is 10.9 Å². The number of hydrogen-bond donors (Lipinski definition) is 1. The lowest BCUT2D eigenvalue weighted by Gasteiger charge is -2.32. The molecule has 1 N–H and O–H groups in total. The summed E-state index contributed by atoms with van der Waals surface area (Å²) in [6.07, 6.45) is 4.55. The summed E-state index contributed by atoms with van der Waals surface area (Å²) in [6, 6.07) is 6.44. The lowest BCUT2D eigenvalue weighted by molar-refractivity contribution is 0.214. The Balaban J connectivity index is 1.92. The molecule has 4 heteroatoms. The minimum Gasteiger partial charge on any atom is -0.310 e. The number of nitrogens with zero attached hydrogens (tertiary/aromatic N) is 2. The monoisotopic (exact) mass is 285 g/mol. The van der Waals surface area contributed by atoms with Gasteiger partial charge in [0.25, 0.3) is 5.56 Å². The van der Waals surface area contributed by atoms with Crippen LogP contribution >= 0.6 is 0 Å². The normalized spacial score (nSPS) is 22.9. The molecule has 21 heavy (non-hydrogen) atoms. The molecule has 0 bridgehead atoms. The summed E-state index contributed by atoms with van der Waals surface area (Å²) >= 11 is 0. The number of aryl methyl sites for hydroxylation is 1. The third kappa shape index (κ3) is 2.72. The second-order valence-corrected chi connectivity index (χ2v) is 6.39. The van der Waals surface area contributed by atoms with Crippen molar-refractivity contribution in [2.24, 2.45) is 0 Å². The fourth-order valence-corrected chi connectivity index (χ4v) is 3.38. The maximum Gasteiger partial charge on any atom is 0.258 e. The van der Waals surface area contributed by atoms with Gasteiger partial charge in [-0.2, -0.15) is 0 Å². The van der Waals surface area contributed by atoms with Crippen LogP contribution in [0.2, 0.25) is 0 Å². The smallest absolute Gasteiger partial charge is 0.258 e. The first kappa shape index (κ1) is 14.3. The van der Waals surface area contributed by atoms with E-state index in [1.165, 1.54) is 12.8 Å². The molecule has 1 aliphatic rings. The van der Waals surface area contributed by atoms with Crippen LogP contribution in [0.25, 0.3) is 10.9 Å². The van der Waals surface area contributed by atoms with E-state index < -0.39 is 0 Å². The molecule has 0 unspecified atom stereocenters. The van der Waals surface area contributed by atoms with Gasteiger partial charge in [0.2, 0.25) is 0 Å². The van der Waals surface area contributed by atoms with E-state index >= 15 is 0 Å². The summed E-state index contributed by atoms with van der Waals surface area (Å²) in [5.41, 5.74) is 1.92. The summed E-state index contributed by atoms with van der Waals surface area (Å²) < 4.78 is 0. The molecule has 0 amide bonds. The van der Waals surface area contributed by atoms with E-state index in [2.05, 4.69) is 24.0 Å².